The third kappa shape index (κ3) is 2.26. The van der Waals surface area contributed by atoms with Crippen molar-refractivity contribution in [3.63, 3.8) is 0 Å². The summed E-state index contributed by atoms with van der Waals surface area (Å²) < 4.78 is 1.24. The van der Waals surface area contributed by atoms with Crippen LogP contribution in [0.15, 0.2) is 29.1 Å². The zero-order valence-electron chi connectivity index (χ0n) is 11.3. The third-order valence-corrected chi connectivity index (χ3v) is 4.44. The minimum atomic E-state index is -1.04. The van der Waals surface area contributed by atoms with E-state index in [2.05, 4.69) is 0 Å². The highest BCUT2D eigenvalue weighted by Crippen LogP contribution is 2.35. The Labute approximate surface area is 135 Å². The highest BCUT2D eigenvalue weighted by Gasteiger charge is 2.31. The zero-order valence-corrected chi connectivity index (χ0v) is 12.9. The molecule has 2 heterocycles. The van der Waals surface area contributed by atoms with Crippen molar-refractivity contribution in [2.45, 2.75) is 18.9 Å². The van der Waals surface area contributed by atoms with Crippen molar-refractivity contribution < 1.29 is 9.90 Å². The molecule has 1 aliphatic rings. The Bertz CT molecular complexity index is 845. The van der Waals surface area contributed by atoms with Gasteiger partial charge in [0.1, 0.15) is 11.1 Å². The number of aryl methyl sites for hydroxylation is 1. The van der Waals surface area contributed by atoms with Crippen LogP contribution in [-0.4, -0.2) is 15.6 Å². The molecule has 7 heteroatoms. The van der Waals surface area contributed by atoms with E-state index in [1.807, 2.05) is 0 Å². The number of nitrogens with two attached hydrogens (primary N) is 1. The molecule has 0 saturated heterocycles. The fraction of sp³-hybridized carbons (Fsp3) is 0.200. The number of carboxylic acids is 1. The van der Waals surface area contributed by atoms with Gasteiger partial charge in [0.2, 0.25) is 0 Å². The average molecular weight is 339 g/mol. The second kappa shape index (κ2) is 5.34. The summed E-state index contributed by atoms with van der Waals surface area (Å²) >= 11 is 12.2. The van der Waals surface area contributed by atoms with E-state index in [1.54, 1.807) is 24.3 Å². The minimum absolute atomic E-state index is 0.0501. The van der Waals surface area contributed by atoms with Crippen LogP contribution >= 0.6 is 23.2 Å². The number of nitrogen functional groups attached to an aromatic ring is 1. The summed E-state index contributed by atoms with van der Waals surface area (Å²) in [5.41, 5.74) is 7.55. The molecule has 1 aliphatic heterocycles. The molecule has 5 nitrogen and oxygen atoms in total. The number of hydrogen-bond acceptors (Lipinski definition) is 3. The number of aliphatic carboxylic acids is 1. The largest absolute Gasteiger partial charge is 0.480 e. The van der Waals surface area contributed by atoms with E-state index in [0.717, 1.165) is 0 Å². The maximum atomic E-state index is 12.5. The number of benzene rings is 1. The molecule has 0 aliphatic carbocycles. The summed E-state index contributed by atoms with van der Waals surface area (Å²) in [5, 5.41) is 9.63. The lowest BCUT2D eigenvalue weighted by Gasteiger charge is -2.14. The number of nitrogens with zero attached hydrogens (tertiary/aromatic N) is 1. The predicted molar refractivity (Wildman–Crippen MR) is 85.6 cm³/mol. The summed E-state index contributed by atoms with van der Waals surface area (Å²) in [6, 6.07) is 5.77. The smallest absolute Gasteiger partial charge is 0.326 e. The fourth-order valence-corrected chi connectivity index (χ4v) is 3.21. The standard InChI is InChI=1S/C15H12Cl2N2O3/c16-7-1-3-11(18)9(5-7)10-6-8-2-4-12(15(21)22)19(8)14(20)13(10)17/h1,3,5-6,12H,2,4,18H2,(H,21,22)/t12-/m0/s1. The number of carboxylic acid groups (broad SMARTS) is 1. The Morgan fingerprint density at radius 3 is 2.68 bits per heavy atom. The molecule has 0 saturated carbocycles. The van der Waals surface area contributed by atoms with E-state index in [-0.39, 0.29) is 5.02 Å². The van der Waals surface area contributed by atoms with Crippen molar-refractivity contribution in [3.05, 3.63) is 50.4 Å². The van der Waals surface area contributed by atoms with E-state index < -0.39 is 17.6 Å². The molecule has 114 valence electrons. The van der Waals surface area contributed by atoms with Gasteiger partial charge in [0.15, 0.2) is 0 Å². The van der Waals surface area contributed by atoms with Crippen molar-refractivity contribution in [1.29, 1.82) is 0 Å². The van der Waals surface area contributed by atoms with Crippen molar-refractivity contribution in [1.82, 2.24) is 4.57 Å². The van der Waals surface area contributed by atoms with Crippen molar-refractivity contribution >= 4 is 34.9 Å². The van der Waals surface area contributed by atoms with Crippen molar-refractivity contribution in [3.8, 4) is 11.1 Å². The summed E-state index contributed by atoms with van der Waals surface area (Å²) in [5.74, 6) is -1.04. The predicted octanol–water partition coefficient (Wildman–Crippen LogP) is 2.98. The van der Waals surface area contributed by atoms with Gasteiger partial charge in [-0.2, -0.15) is 0 Å². The van der Waals surface area contributed by atoms with Gasteiger partial charge in [0, 0.05) is 27.5 Å². The molecule has 1 aromatic heterocycles. The van der Waals surface area contributed by atoms with Crippen LogP contribution in [0.1, 0.15) is 18.2 Å². The van der Waals surface area contributed by atoms with Gasteiger partial charge in [0.05, 0.1) is 0 Å². The van der Waals surface area contributed by atoms with Gasteiger partial charge in [-0.3, -0.25) is 9.36 Å². The fourth-order valence-electron chi connectivity index (χ4n) is 2.79. The summed E-state index contributed by atoms with van der Waals surface area (Å²) in [4.78, 5) is 23.7. The topological polar surface area (TPSA) is 85.3 Å². The van der Waals surface area contributed by atoms with Crippen molar-refractivity contribution in [2.24, 2.45) is 0 Å². The molecular weight excluding hydrogens is 327 g/mol. The molecule has 2 aromatic rings. The lowest BCUT2D eigenvalue weighted by atomic mass is 10.0. The molecule has 1 aromatic carbocycles. The minimum Gasteiger partial charge on any atom is -0.480 e. The quantitative estimate of drug-likeness (QED) is 0.824. The van der Waals surface area contributed by atoms with Gasteiger partial charge in [-0.25, -0.2) is 4.79 Å². The maximum absolute atomic E-state index is 12.5. The highest BCUT2D eigenvalue weighted by molar-refractivity contribution is 6.34. The second-order valence-corrected chi connectivity index (χ2v) is 5.98. The van der Waals surface area contributed by atoms with Crippen LogP contribution in [0.25, 0.3) is 11.1 Å². The third-order valence-electron chi connectivity index (χ3n) is 3.84. The number of anilines is 1. The SMILES string of the molecule is Nc1ccc(Cl)cc1-c1cc2n(c(=O)c1Cl)[C@H](C(=O)O)CC2. The van der Waals surface area contributed by atoms with Gasteiger partial charge < -0.3 is 10.8 Å². The van der Waals surface area contributed by atoms with Crippen LogP contribution in [0.4, 0.5) is 5.69 Å². The number of aromatic nitrogens is 1. The molecule has 0 unspecified atom stereocenters. The Morgan fingerprint density at radius 1 is 1.27 bits per heavy atom. The first-order valence-corrected chi connectivity index (χ1v) is 7.38. The lowest BCUT2D eigenvalue weighted by Crippen LogP contribution is -2.28. The first-order chi connectivity index (χ1) is 10.4. The van der Waals surface area contributed by atoms with Gasteiger partial charge >= 0.3 is 5.97 Å². The Balaban J connectivity index is 2.25. The summed E-state index contributed by atoms with van der Waals surface area (Å²) in [6.45, 7) is 0. The first kappa shape index (κ1) is 14.9. The molecule has 0 fully saturated rings. The maximum Gasteiger partial charge on any atom is 0.326 e. The van der Waals surface area contributed by atoms with E-state index in [9.17, 15) is 14.7 Å². The van der Waals surface area contributed by atoms with E-state index in [4.69, 9.17) is 28.9 Å². The number of pyridine rings is 1. The molecule has 0 bridgehead atoms. The molecule has 3 N–H and O–H groups in total. The van der Waals surface area contributed by atoms with E-state index in [0.29, 0.717) is 40.4 Å². The van der Waals surface area contributed by atoms with E-state index >= 15 is 0 Å². The highest BCUT2D eigenvalue weighted by atomic mass is 35.5. The van der Waals surface area contributed by atoms with Crippen LogP contribution in [0.5, 0.6) is 0 Å². The van der Waals surface area contributed by atoms with Crippen LogP contribution in [0.3, 0.4) is 0 Å². The summed E-state index contributed by atoms with van der Waals surface area (Å²) in [7, 11) is 0. The molecule has 3 rings (SSSR count). The number of halogens is 2. The Kier molecular flexibility index (Phi) is 3.62. The lowest BCUT2D eigenvalue weighted by molar-refractivity contribution is -0.140. The number of carbonyl (C=O) groups is 1. The normalized spacial score (nSPS) is 16.5. The van der Waals surface area contributed by atoms with Crippen LogP contribution in [0, 0.1) is 0 Å². The Morgan fingerprint density at radius 2 is 2.00 bits per heavy atom. The van der Waals surface area contributed by atoms with E-state index in [1.165, 1.54) is 4.57 Å². The molecule has 0 spiro atoms. The van der Waals surface area contributed by atoms with Crippen LogP contribution < -0.4 is 11.3 Å². The summed E-state index contributed by atoms with van der Waals surface area (Å²) in [6.07, 6.45) is 0.867. The van der Waals surface area contributed by atoms with Gasteiger partial charge in [-0.05, 0) is 37.1 Å². The molecular formula is C15H12Cl2N2O3. The van der Waals surface area contributed by atoms with Gasteiger partial charge in [-0.1, -0.05) is 23.2 Å². The number of rotatable bonds is 2. The molecule has 0 radical (unpaired) electrons. The first-order valence-electron chi connectivity index (χ1n) is 6.62. The Hall–Kier alpha value is -1.98. The number of fused-ring (bicyclic) bond motifs is 1. The molecule has 1 atom stereocenters. The van der Waals surface area contributed by atoms with Crippen LogP contribution in [0.2, 0.25) is 10.0 Å². The van der Waals surface area contributed by atoms with Crippen LogP contribution in [-0.2, 0) is 11.2 Å². The van der Waals surface area contributed by atoms with Gasteiger partial charge in [0.25, 0.3) is 5.56 Å². The zero-order chi connectivity index (χ0) is 16.0. The average Bonchev–Trinajstić information content (AvgIpc) is 2.90. The second-order valence-electron chi connectivity index (χ2n) is 5.16. The number of hydrogen-bond donors (Lipinski definition) is 2. The van der Waals surface area contributed by atoms with Crippen molar-refractivity contribution in [2.75, 3.05) is 5.73 Å². The van der Waals surface area contributed by atoms with Gasteiger partial charge in [-0.15, -0.1) is 0 Å². The molecule has 22 heavy (non-hydrogen) atoms. The molecule has 0 amide bonds. The monoisotopic (exact) mass is 338 g/mol.